The molecule has 0 radical (unpaired) electrons. The lowest BCUT2D eigenvalue weighted by Gasteiger charge is -2.11. The van der Waals surface area contributed by atoms with Gasteiger partial charge in [0.25, 0.3) is 0 Å². The molecule has 2 aromatic rings. The van der Waals surface area contributed by atoms with Crippen LogP contribution in [-0.4, -0.2) is 12.2 Å². The number of phenolic OH excluding ortho intramolecular Hbond substituents is 1. The molecule has 0 saturated heterocycles. The average Bonchev–Trinajstić information content (AvgIpc) is 2.38. The minimum atomic E-state index is 0.200. The fraction of sp³-hybridized carbons (Fsp3) is 0.200. The Labute approximate surface area is 101 Å². The zero-order chi connectivity index (χ0) is 12.3. The van der Waals surface area contributed by atoms with Crippen LogP contribution in [0.25, 0.3) is 11.1 Å². The summed E-state index contributed by atoms with van der Waals surface area (Å²) in [5.74, 6) is 0.776. The first-order valence-electron chi connectivity index (χ1n) is 5.71. The van der Waals surface area contributed by atoms with Gasteiger partial charge < -0.3 is 9.84 Å². The molecular formula is C15H16O2. The molecule has 2 nitrogen and oxygen atoms in total. The number of aromatic hydroxyl groups is 1. The Balaban J connectivity index is 2.54. The Kier molecular flexibility index (Phi) is 3.33. The summed E-state index contributed by atoms with van der Waals surface area (Å²) < 4.78 is 5.21. The molecule has 1 N–H and O–H groups in total. The Morgan fingerprint density at radius 1 is 1.06 bits per heavy atom. The van der Waals surface area contributed by atoms with E-state index < -0.39 is 0 Å². The number of rotatable bonds is 3. The molecule has 0 aromatic heterocycles. The number of hydrogen-bond donors (Lipinski definition) is 1. The zero-order valence-electron chi connectivity index (χ0n) is 10.1. The third kappa shape index (κ3) is 2.26. The van der Waals surface area contributed by atoms with E-state index >= 15 is 0 Å². The second-order valence-electron chi connectivity index (χ2n) is 3.91. The van der Waals surface area contributed by atoms with Crippen LogP contribution in [0, 0.1) is 0 Å². The van der Waals surface area contributed by atoms with E-state index in [0.717, 1.165) is 23.1 Å². The molecule has 0 aliphatic rings. The van der Waals surface area contributed by atoms with Crippen molar-refractivity contribution >= 4 is 0 Å². The third-order valence-corrected chi connectivity index (χ3v) is 2.84. The molecule has 0 heterocycles. The minimum absolute atomic E-state index is 0.200. The highest BCUT2D eigenvalue weighted by Crippen LogP contribution is 2.35. The summed E-state index contributed by atoms with van der Waals surface area (Å²) >= 11 is 0. The second-order valence-corrected chi connectivity index (χ2v) is 3.91. The molecule has 0 aliphatic carbocycles. The van der Waals surface area contributed by atoms with Crippen LogP contribution in [0.3, 0.4) is 0 Å². The van der Waals surface area contributed by atoms with Crippen molar-refractivity contribution in [1.29, 1.82) is 0 Å². The van der Waals surface area contributed by atoms with E-state index in [0.29, 0.717) is 5.75 Å². The molecular weight excluding hydrogens is 212 g/mol. The largest absolute Gasteiger partial charge is 0.504 e. The number of benzene rings is 2. The fourth-order valence-electron chi connectivity index (χ4n) is 1.97. The van der Waals surface area contributed by atoms with Gasteiger partial charge in [0.15, 0.2) is 11.5 Å². The van der Waals surface area contributed by atoms with Crippen LogP contribution in [0.5, 0.6) is 11.5 Å². The smallest absolute Gasteiger partial charge is 0.163 e. The highest BCUT2D eigenvalue weighted by Gasteiger charge is 2.10. The number of hydrogen-bond acceptors (Lipinski definition) is 2. The van der Waals surface area contributed by atoms with Crippen molar-refractivity contribution in [1.82, 2.24) is 0 Å². The van der Waals surface area contributed by atoms with E-state index in [-0.39, 0.29) is 5.75 Å². The van der Waals surface area contributed by atoms with Gasteiger partial charge in [-0.25, -0.2) is 0 Å². The van der Waals surface area contributed by atoms with Crippen molar-refractivity contribution in [3.05, 3.63) is 48.0 Å². The van der Waals surface area contributed by atoms with E-state index in [4.69, 9.17) is 4.74 Å². The number of aryl methyl sites for hydroxylation is 1. The summed E-state index contributed by atoms with van der Waals surface area (Å²) in [7, 11) is 1.58. The highest BCUT2D eigenvalue weighted by molar-refractivity contribution is 5.68. The lowest BCUT2D eigenvalue weighted by atomic mass is 10.0. The lowest BCUT2D eigenvalue weighted by Crippen LogP contribution is -1.92. The molecule has 0 atom stereocenters. The van der Waals surface area contributed by atoms with Crippen molar-refractivity contribution in [2.45, 2.75) is 13.3 Å². The van der Waals surface area contributed by atoms with Gasteiger partial charge in [0.1, 0.15) is 0 Å². The van der Waals surface area contributed by atoms with E-state index in [1.807, 2.05) is 37.3 Å². The normalized spacial score (nSPS) is 10.2. The number of phenols is 1. The van der Waals surface area contributed by atoms with Crippen LogP contribution in [0.4, 0.5) is 0 Å². The molecule has 2 rings (SSSR count). The van der Waals surface area contributed by atoms with Gasteiger partial charge in [-0.3, -0.25) is 0 Å². The van der Waals surface area contributed by atoms with Crippen molar-refractivity contribution in [2.24, 2.45) is 0 Å². The van der Waals surface area contributed by atoms with Gasteiger partial charge in [0.2, 0.25) is 0 Å². The highest BCUT2D eigenvalue weighted by atomic mass is 16.5. The monoisotopic (exact) mass is 228 g/mol. The van der Waals surface area contributed by atoms with Crippen molar-refractivity contribution in [2.75, 3.05) is 7.11 Å². The topological polar surface area (TPSA) is 29.5 Å². The number of methoxy groups -OCH3 is 1. The maximum Gasteiger partial charge on any atom is 0.163 e. The number of ether oxygens (including phenoxy) is 1. The van der Waals surface area contributed by atoms with Crippen LogP contribution < -0.4 is 4.74 Å². The molecule has 0 fully saturated rings. The van der Waals surface area contributed by atoms with Gasteiger partial charge in [-0.2, -0.15) is 0 Å². The molecule has 0 bridgehead atoms. The van der Waals surface area contributed by atoms with E-state index in [1.165, 1.54) is 0 Å². The molecule has 2 aromatic carbocycles. The van der Waals surface area contributed by atoms with Gasteiger partial charge in [-0.1, -0.05) is 37.3 Å². The van der Waals surface area contributed by atoms with Crippen LogP contribution in [0.2, 0.25) is 0 Å². The summed E-state index contributed by atoms with van der Waals surface area (Å²) in [4.78, 5) is 0. The van der Waals surface area contributed by atoms with Crippen LogP contribution in [-0.2, 0) is 6.42 Å². The molecule has 88 valence electrons. The summed E-state index contributed by atoms with van der Waals surface area (Å²) in [6, 6.07) is 13.8. The molecule has 0 amide bonds. The van der Waals surface area contributed by atoms with Crippen LogP contribution in [0.1, 0.15) is 12.5 Å². The molecule has 2 heteroatoms. The summed E-state index contributed by atoms with van der Waals surface area (Å²) in [6.07, 6.45) is 0.831. The quantitative estimate of drug-likeness (QED) is 0.869. The Morgan fingerprint density at radius 3 is 2.35 bits per heavy atom. The predicted octanol–water partition coefficient (Wildman–Crippen LogP) is 3.63. The van der Waals surface area contributed by atoms with Crippen molar-refractivity contribution in [3.8, 4) is 22.6 Å². The first-order chi connectivity index (χ1) is 8.26. The molecule has 0 saturated carbocycles. The van der Waals surface area contributed by atoms with E-state index in [1.54, 1.807) is 13.2 Å². The van der Waals surface area contributed by atoms with Gasteiger partial charge in [-0.05, 0) is 35.2 Å². The van der Waals surface area contributed by atoms with Crippen molar-refractivity contribution in [3.63, 3.8) is 0 Å². The third-order valence-electron chi connectivity index (χ3n) is 2.84. The van der Waals surface area contributed by atoms with Gasteiger partial charge >= 0.3 is 0 Å². The standard InChI is InChI=1S/C15H16O2/c1-3-11-9-13(10-14(16)15(11)17-2)12-7-5-4-6-8-12/h4-10,16H,3H2,1-2H3. The molecule has 0 spiro atoms. The zero-order valence-corrected chi connectivity index (χ0v) is 10.1. The summed E-state index contributed by atoms with van der Waals surface area (Å²) in [5.41, 5.74) is 3.13. The Hall–Kier alpha value is -1.96. The van der Waals surface area contributed by atoms with Gasteiger partial charge in [-0.15, -0.1) is 0 Å². The maximum absolute atomic E-state index is 9.94. The van der Waals surface area contributed by atoms with Gasteiger partial charge in [0.05, 0.1) is 7.11 Å². The van der Waals surface area contributed by atoms with Crippen LogP contribution >= 0.6 is 0 Å². The van der Waals surface area contributed by atoms with E-state index in [2.05, 4.69) is 6.07 Å². The second kappa shape index (κ2) is 4.91. The SMILES string of the molecule is CCc1cc(-c2ccccc2)cc(O)c1OC. The van der Waals surface area contributed by atoms with E-state index in [9.17, 15) is 5.11 Å². The first kappa shape index (κ1) is 11.5. The molecule has 0 aliphatic heterocycles. The molecule has 0 unspecified atom stereocenters. The summed E-state index contributed by atoms with van der Waals surface area (Å²) in [5, 5.41) is 9.94. The fourth-order valence-corrected chi connectivity index (χ4v) is 1.97. The van der Waals surface area contributed by atoms with Gasteiger partial charge in [0, 0.05) is 0 Å². The first-order valence-corrected chi connectivity index (χ1v) is 5.71. The summed E-state index contributed by atoms with van der Waals surface area (Å²) in [6.45, 7) is 2.05. The Morgan fingerprint density at radius 2 is 1.76 bits per heavy atom. The molecule has 17 heavy (non-hydrogen) atoms. The average molecular weight is 228 g/mol. The minimum Gasteiger partial charge on any atom is -0.504 e. The predicted molar refractivity (Wildman–Crippen MR) is 69.5 cm³/mol. The lowest BCUT2D eigenvalue weighted by molar-refractivity contribution is 0.370. The van der Waals surface area contributed by atoms with Crippen LogP contribution in [0.15, 0.2) is 42.5 Å². The maximum atomic E-state index is 9.94. The van der Waals surface area contributed by atoms with Crippen molar-refractivity contribution < 1.29 is 9.84 Å². The Bertz CT molecular complexity index is 504.